The lowest BCUT2D eigenvalue weighted by atomic mass is 9.77. The zero-order valence-electron chi connectivity index (χ0n) is 18.1. The van der Waals surface area contributed by atoms with E-state index in [1.807, 2.05) is 12.1 Å². The van der Waals surface area contributed by atoms with E-state index in [9.17, 15) is 22.4 Å². The molecule has 0 aromatic heterocycles. The van der Waals surface area contributed by atoms with Crippen molar-refractivity contribution in [3.8, 4) is 0 Å². The van der Waals surface area contributed by atoms with Gasteiger partial charge in [0.15, 0.2) is 5.76 Å². The molecule has 0 heterocycles. The highest BCUT2D eigenvalue weighted by atomic mass is 19.3. The predicted octanol–water partition coefficient (Wildman–Crippen LogP) is 7.81. The monoisotopic (exact) mass is 438 g/mol. The maximum Gasteiger partial charge on any atom is 0.370 e. The number of alkyl halides is 4. The van der Waals surface area contributed by atoms with Crippen LogP contribution in [0.5, 0.6) is 0 Å². The Morgan fingerprint density at radius 2 is 1.58 bits per heavy atom. The summed E-state index contributed by atoms with van der Waals surface area (Å²) in [6.45, 7) is 3.83. The number of carbonyl (C=O) groups is 1. The van der Waals surface area contributed by atoms with Gasteiger partial charge in [0.05, 0.1) is 5.56 Å². The molecule has 0 amide bonds. The lowest BCUT2D eigenvalue weighted by molar-refractivity contribution is -0.181. The second-order valence-corrected chi connectivity index (χ2v) is 8.64. The summed E-state index contributed by atoms with van der Waals surface area (Å²) in [7, 11) is 0. The first-order valence-corrected chi connectivity index (χ1v) is 11.2. The standard InChI is InChI=1S/C25H30F4O2/c1-3-5-17-7-9-18(10-8-17)19-11-13-20(14-12-19)23(30)31-22-16-15-21(6-4-2)24(26,27)25(22,28)29/h11-18H,3-10H2,1-2H3. The zero-order chi connectivity index (χ0) is 22.6. The van der Waals surface area contributed by atoms with Crippen molar-refractivity contribution in [1.29, 1.82) is 0 Å². The number of carbonyl (C=O) groups excluding carboxylic acids is 1. The molecule has 1 aromatic carbocycles. The minimum Gasteiger partial charge on any atom is -0.421 e. The van der Waals surface area contributed by atoms with E-state index in [4.69, 9.17) is 4.74 Å². The fourth-order valence-electron chi connectivity index (χ4n) is 4.59. The van der Waals surface area contributed by atoms with Crippen LogP contribution in [0.25, 0.3) is 0 Å². The summed E-state index contributed by atoms with van der Waals surface area (Å²) in [6, 6.07) is 6.66. The van der Waals surface area contributed by atoms with E-state index >= 15 is 0 Å². The average molecular weight is 439 g/mol. The van der Waals surface area contributed by atoms with Crippen LogP contribution >= 0.6 is 0 Å². The zero-order valence-corrected chi connectivity index (χ0v) is 18.1. The molecule has 0 unspecified atom stereocenters. The Bertz CT molecular complexity index is 832. The van der Waals surface area contributed by atoms with Crippen LogP contribution < -0.4 is 0 Å². The lowest BCUT2D eigenvalue weighted by Crippen LogP contribution is -2.46. The predicted molar refractivity (Wildman–Crippen MR) is 112 cm³/mol. The second kappa shape index (κ2) is 9.58. The van der Waals surface area contributed by atoms with E-state index in [2.05, 4.69) is 6.92 Å². The summed E-state index contributed by atoms with van der Waals surface area (Å²) in [4.78, 5) is 12.4. The first-order chi connectivity index (χ1) is 14.7. The summed E-state index contributed by atoms with van der Waals surface area (Å²) in [5.74, 6) is -10.1. The van der Waals surface area contributed by atoms with Gasteiger partial charge in [-0.15, -0.1) is 0 Å². The second-order valence-electron chi connectivity index (χ2n) is 8.64. The van der Waals surface area contributed by atoms with Gasteiger partial charge in [-0.2, -0.15) is 17.6 Å². The fourth-order valence-corrected chi connectivity index (χ4v) is 4.59. The molecule has 0 radical (unpaired) electrons. The van der Waals surface area contributed by atoms with Crippen molar-refractivity contribution in [3.63, 3.8) is 0 Å². The maximum absolute atomic E-state index is 14.4. The number of ether oxygens (including phenoxy) is 1. The molecule has 0 atom stereocenters. The van der Waals surface area contributed by atoms with E-state index in [0.717, 1.165) is 36.5 Å². The number of rotatable bonds is 7. The summed E-state index contributed by atoms with van der Waals surface area (Å²) in [5.41, 5.74) is 0.511. The van der Waals surface area contributed by atoms with Crippen molar-refractivity contribution in [2.24, 2.45) is 5.92 Å². The largest absolute Gasteiger partial charge is 0.421 e. The minimum absolute atomic E-state index is 0.0618. The molecule has 3 rings (SSSR count). The Morgan fingerprint density at radius 1 is 0.935 bits per heavy atom. The molecule has 0 bridgehead atoms. The Kier molecular flexibility index (Phi) is 7.28. The van der Waals surface area contributed by atoms with Crippen LogP contribution in [0.15, 0.2) is 47.7 Å². The third kappa shape index (κ3) is 4.88. The molecule has 1 saturated carbocycles. The first kappa shape index (κ1) is 23.6. The molecule has 2 nitrogen and oxygen atoms in total. The molecule has 0 aliphatic heterocycles. The van der Waals surface area contributed by atoms with E-state index in [1.54, 1.807) is 6.92 Å². The highest BCUT2D eigenvalue weighted by Gasteiger charge is 2.63. The van der Waals surface area contributed by atoms with Gasteiger partial charge in [0.1, 0.15) is 0 Å². The summed E-state index contributed by atoms with van der Waals surface area (Å²) < 4.78 is 61.9. The molecule has 1 aromatic rings. The highest BCUT2D eigenvalue weighted by molar-refractivity contribution is 5.90. The maximum atomic E-state index is 14.4. The smallest absolute Gasteiger partial charge is 0.370 e. The number of esters is 1. The summed E-state index contributed by atoms with van der Waals surface area (Å²) in [6.07, 6.45) is 8.89. The van der Waals surface area contributed by atoms with E-state index < -0.39 is 29.1 Å². The molecule has 6 heteroatoms. The fraction of sp³-hybridized carbons (Fsp3) is 0.560. The van der Waals surface area contributed by atoms with Gasteiger partial charge in [0, 0.05) is 5.57 Å². The van der Waals surface area contributed by atoms with Gasteiger partial charge in [-0.05, 0) is 67.7 Å². The van der Waals surface area contributed by atoms with Gasteiger partial charge >= 0.3 is 17.8 Å². The van der Waals surface area contributed by atoms with Crippen molar-refractivity contribution in [1.82, 2.24) is 0 Å². The van der Waals surface area contributed by atoms with Gasteiger partial charge < -0.3 is 4.74 Å². The molecular weight excluding hydrogens is 408 g/mol. The van der Waals surface area contributed by atoms with Crippen LogP contribution in [0.1, 0.15) is 87.1 Å². The number of hydrogen-bond donors (Lipinski definition) is 0. The highest BCUT2D eigenvalue weighted by Crippen LogP contribution is 2.49. The van der Waals surface area contributed by atoms with Crippen molar-refractivity contribution >= 4 is 5.97 Å². The molecule has 1 fully saturated rings. The molecule has 0 N–H and O–H groups in total. The van der Waals surface area contributed by atoms with Crippen LogP contribution in [-0.4, -0.2) is 17.8 Å². The van der Waals surface area contributed by atoms with Crippen LogP contribution in [0.2, 0.25) is 0 Å². The third-order valence-corrected chi connectivity index (χ3v) is 6.43. The SMILES string of the molecule is CCCC1=CC=C(OC(=O)c2ccc(C3CCC(CCC)CC3)cc2)C(F)(F)C1(F)F. The van der Waals surface area contributed by atoms with Crippen molar-refractivity contribution in [2.75, 3.05) is 0 Å². The van der Waals surface area contributed by atoms with Gasteiger partial charge in [0.25, 0.3) is 0 Å². The molecule has 0 spiro atoms. The van der Waals surface area contributed by atoms with Crippen LogP contribution in [0, 0.1) is 5.92 Å². The molecule has 31 heavy (non-hydrogen) atoms. The normalized spacial score (nSPS) is 24.8. The number of hydrogen-bond acceptors (Lipinski definition) is 2. The van der Waals surface area contributed by atoms with E-state index in [1.165, 1.54) is 37.8 Å². The van der Waals surface area contributed by atoms with Gasteiger partial charge in [-0.1, -0.05) is 51.3 Å². The molecule has 170 valence electrons. The quantitative estimate of drug-likeness (QED) is 0.320. The Morgan fingerprint density at radius 3 is 2.16 bits per heavy atom. The first-order valence-electron chi connectivity index (χ1n) is 11.2. The molecule has 2 aliphatic rings. The molecular formula is C25H30F4O2. The van der Waals surface area contributed by atoms with E-state index in [0.29, 0.717) is 12.3 Å². The third-order valence-electron chi connectivity index (χ3n) is 6.43. The van der Waals surface area contributed by atoms with Crippen molar-refractivity contribution < 1.29 is 27.1 Å². The lowest BCUT2D eigenvalue weighted by Gasteiger charge is -2.32. The summed E-state index contributed by atoms with van der Waals surface area (Å²) >= 11 is 0. The molecule has 0 saturated heterocycles. The van der Waals surface area contributed by atoms with Crippen LogP contribution in [-0.2, 0) is 4.74 Å². The summed E-state index contributed by atoms with van der Waals surface area (Å²) in [5, 5.41) is 0. The Labute approximate surface area is 181 Å². The topological polar surface area (TPSA) is 26.3 Å². The van der Waals surface area contributed by atoms with E-state index in [-0.39, 0.29) is 12.0 Å². The average Bonchev–Trinajstić information content (AvgIpc) is 2.75. The number of allylic oxidation sites excluding steroid dienone is 4. The Hall–Kier alpha value is -2.11. The number of halogens is 4. The van der Waals surface area contributed by atoms with Gasteiger partial charge in [-0.25, -0.2) is 4.79 Å². The van der Waals surface area contributed by atoms with Crippen molar-refractivity contribution in [3.05, 3.63) is 58.9 Å². The van der Waals surface area contributed by atoms with Crippen molar-refractivity contribution in [2.45, 2.75) is 83.0 Å². The van der Waals surface area contributed by atoms with Crippen LogP contribution in [0.3, 0.4) is 0 Å². The van der Waals surface area contributed by atoms with Gasteiger partial charge in [0.2, 0.25) is 0 Å². The molecule has 2 aliphatic carbocycles. The van der Waals surface area contributed by atoms with Crippen LogP contribution in [0.4, 0.5) is 17.6 Å². The minimum atomic E-state index is -4.57. The Balaban J connectivity index is 1.67. The number of benzene rings is 1. The van der Waals surface area contributed by atoms with Gasteiger partial charge in [-0.3, -0.25) is 0 Å².